The Morgan fingerprint density at radius 3 is 2.68 bits per heavy atom. The number of halogens is 2. The Morgan fingerprint density at radius 1 is 1.32 bits per heavy atom. The largest absolute Gasteiger partial charge is 0.372 e. The van der Waals surface area contributed by atoms with Crippen molar-refractivity contribution >= 4 is 33.3 Å². The van der Waals surface area contributed by atoms with Gasteiger partial charge in [-0.05, 0) is 34.5 Å². The highest BCUT2D eigenvalue weighted by molar-refractivity contribution is 9.10. The number of aryl methyl sites for hydroxylation is 1. The SMILES string of the molecule is CCCc1nc(-c2ccc(Cl)cn2)nc(NC)c1Br. The lowest BCUT2D eigenvalue weighted by Gasteiger charge is -2.10. The third kappa shape index (κ3) is 3.22. The molecule has 0 amide bonds. The van der Waals surface area contributed by atoms with Gasteiger partial charge in [0.15, 0.2) is 5.82 Å². The first-order chi connectivity index (χ1) is 9.15. The Labute approximate surface area is 125 Å². The van der Waals surface area contributed by atoms with E-state index in [0.29, 0.717) is 16.5 Å². The topological polar surface area (TPSA) is 50.7 Å². The molecule has 0 atom stereocenters. The lowest BCUT2D eigenvalue weighted by Crippen LogP contribution is -2.04. The fourth-order valence-electron chi connectivity index (χ4n) is 1.68. The van der Waals surface area contributed by atoms with E-state index in [1.54, 1.807) is 12.3 Å². The van der Waals surface area contributed by atoms with Crippen LogP contribution in [0.25, 0.3) is 11.5 Å². The molecule has 0 saturated heterocycles. The molecule has 0 unspecified atom stereocenters. The van der Waals surface area contributed by atoms with Crippen LogP contribution in [0, 0.1) is 0 Å². The molecule has 19 heavy (non-hydrogen) atoms. The number of hydrogen-bond acceptors (Lipinski definition) is 4. The van der Waals surface area contributed by atoms with Crippen LogP contribution in [-0.4, -0.2) is 22.0 Å². The van der Waals surface area contributed by atoms with Crippen molar-refractivity contribution in [3.05, 3.63) is 33.5 Å². The number of nitrogens with zero attached hydrogens (tertiary/aromatic N) is 3. The number of anilines is 1. The first-order valence-electron chi connectivity index (χ1n) is 6.01. The summed E-state index contributed by atoms with van der Waals surface area (Å²) in [5, 5.41) is 3.66. The molecule has 0 spiro atoms. The van der Waals surface area contributed by atoms with E-state index in [0.717, 1.165) is 28.8 Å². The number of pyridine rings is 1. The fraction of sp³-hybridized carbons (Fsp3) is 0.308. The average molecular weight is 342 g/mol. The summed E-state index contributed by atoms with van der Waals surface area (Å²) in [5.41, 5.74) is 1.69. The number of hydrogen-bond donors (Lipinski definition) is 1. The van der Waals surface area contributed by atoms with Crippen molar-refractivity contribution in [2.45, 2.75) is 19.8 Å². The molecule has 6 heteroatoms. The minimum atomic E-state index is 0.600. The quantitative estimate of drug-likeness (QED) is 0.915. The Kier molecular flexibility index (Phi) is 4.71. The van der Waals surface area contributed by atoms with E-state index in [1.165, 1.54) is 0 Å². The monoisotopic (exact) mass is 340 g/mol. The maximum atomic E-state index is 5.84. The smallest absolute Gasteiger partial charge is 0.180 e. The molecule has 0 bridgehead atoms. The van der Waals surface area contributed by atoms with Crippen molar-refractivity contribution < 1.29 is 0 Å². The molecule has 1 N–H and O–H groups in total. The Bertz CT molecular complexity index is 572. The molecule has 0 aliphatic rings. The van der Waals surface area contributed by atoms with Gasteiger partial charge < -0.3 is 5.32 Å². The van der Waals surface area contributed by atoms with Crippen LogP contribution in [0.5, 0.6) is 0 Å². The minimum absolute atomic E-state index is 0.600. The molecule has 0 radical (unpaired) electrons. The van der Waals surface area contributed by atoms with Gasteiger partial charge in [0.2, 0.25) is 0 Å². The van der Waals surface area contributed by atoms with Crippen LogP contribution in [0.3, 0.4) is 0 Å². The van der Waals surface area contributed by atoms with Gasteiger partial charge in [-0.2, -0.15) is 0 Å². The zero-order valence-corrected chi connectivity index (χ0v) is 13.1. The maximum absolute atomic E-state index is 5.84. The summed E-state index contributed by atoms with van der Waals surface area (Å²) >= 11 is 9.37. The fourth-order valence-corrected chi connectivity index (χ4v) is 2.37. The molecule has 2 heterocycles. The van der Waals surface area contributed by atoms with Crippen molar-refractivity contribution in [1.29, 1.82) is 0 Å². The second-order valence-electron chi connectivity index (χ2n) is 4.02. The van der Waals surface area contributed by atoms with Gasteiger partial charge in [-0.1, -0.05) is 24.9 Å². The van der Waals surface area contributed by atoms with Crippen molar-refractivity contribution in [3.63, 3.8) is 0 Å². The lowest BCUT2D eigenvalue weighted by molar-refractivity contribution is 0.867. The summed E-state index contributed by atoms with van der Waals surface area (Å²) in [4.78, 5) is 13.3. The molecule has 4 nitrogen and oxygen atoms in total. The van der Waals surface area contributed by atoms with Crippen LogP contribution in [-0.2, 0) is 6.42 Å². The van der Waals surface area contributed by atoms with Crippen molar-refractivity contribution in [2.75, 3.05) is 12.4 Å². The van der Waals surface area contributed by atoms with Gasteiger partial charge in [0, 0.05) is 13.2 Å². The average Bonchev–Trinajstić information content (AvgIpc) is 2.42. The van der Waals surface area contributed by atoms with Crippen LogP contribution in [0.1, 0.15) is 19.0 Å². The van der Waals surface area contributed by atoms with Crippen LogP contribution >= 0.6 is 27.5 Å². The zero-order valence-electron chi connectivity index (χ0n) is 10.7. The normalized spacial score (nSPS) is 10.5. The lowest BCUT2D eigenvalue weighted by atomic mass is 10.2. The van der Waals surface area contributed by atoms with E-state index < -0.39 is 0 Å². The molecule has 2 aromatic heterocycles. The van der Waals surface area contributed by atoms with Gasteiger partial charge >= 0.3 is 0 Å². The van der Waals surface area contributed by atoms with Crippen LogP contribution in [0.15, 0.2) is 22.8 Å². The molecule has 2 rings (SSSR count). The Balaban J connectivity index is 2.51. The summed E-state index contributed by atoms with van der Waals surface area (Å²) < 4.78 is 0.912. The third-order valence-corrected chi connectivity index (χ3v) is 3.66. The van der Waals surface area contributed by atoms with Gasteiger partial charge in [-0.15, -0.1) is 0 Å². The van der Waals surface area contributed by atoms with Gasteiger partial charge in [-0.3, -0.25) is 4.98 Å². The van der Waals surface area contributed by atoms with Crippen molar-refractivity contribution in [2.24, 2.45) is 0 Å². The summed E-state index contributed by atoms with van der Waals surface area (Å²) in [5.74, 6) is 1.37. The highest BCUT2D eigenvalue weighted by atomic mass is 79.9. The van der Waals surface area contributed by atoms with Gasteiger partial charge in [0.1, 0.15) is 11.5 Å². The molecule has 0 fully saturated rings. The van der Waals surface area contributed by atoms with Crippen LogP contribution in [0.4, 0.5) is 5.82 Å². The molecule has 0 aliphatic carbocycles. The zero-order chi connectivity index (χ0) is 13.8. The van der Waals surface area contributed by atoms with E-state index in [9.17, 15) is 0 Å². The summed E-state index contributed by atoms with van der Waals surface area (Å²) in [6.07, 6.45) is 3.51. The standard InChI is InChI=1S/C13H14BrClN4/c1-3-4-9-11(14)13(16-2)19-12(18-9)10-6-5-8(15)7-17-10/h5-7H,3-4H2,1-2H3,(H,16,18,19). The number of aromatic nitrogens is 3. The highest BCUT2D eigenvalue weighted by Gasteiger charge is 2.12. The molecule has 2 aromatic rings. The number of rotatable bonds is 4. The summed E-state index contributed by atoms with van der Waals surface area (Å²) in [6.45, 7) is 2.12. The van der Waals surface area contributed by atoms with Gasteiger partial charge in [-0.25, -0.2) is 9.97 Å². The van der Waals surface area contributed by atoms with Crippen LogP contribution in [0.2, 0.25) is 5.02 Å². The van der Waals surface area contributed by atoms with Gasteiger partial charge in [0.05, 0.1) is 15.2 Å². The van der Waals surface area contributed by atoms with E-state index in [2.05, 4.69) is 43.1 Å². The molecular weight excluding hydrogens is 328 g/mol. The Hall–Kier alpha value is -1.20. The minimum Gasteiger partial charge on any atom is -0.372 e. The second-order valence-corrected chi connectivity index (χ2v) is 5.25. The first-order valence-corrected chi connectivity index (χ1v) is 7.19. The van der Waals surface area contributed by atoms with E-state index in [1.807, 2.05) is 13.1 Å². The number of nitrogens with one attached hydrogen (secondary N) is 1. The molecule has 0 aliphatic heterocycles. The first kappa shape index (κ1) is 14.2. The van der Waals surface area contributed by atoms with E-state index >= 15 is 0 Å². The molecule has 0 saturated carbocycles. The van der Waals surface area contributed by atoms with E-state index in [4.69, 9.17) is 11.6 Å². The Morgan fingerprint density at radius 2 is 2.11 bits per heavy atom. The van der Waals surface area contributed by atoms with E-state index in [-0.39, 0.29) is 0 Å². The summed E-state index contributed by atoms with van der Waals surface area (Å²) in [7, 11) is 1.84. The molecule has 100 valence electrons. The van der Waals surface area contributed by atoms with Gasteiger partial charge in [0.25, 0.3) is 0 Å². The predicted molar refractivity (Wildman–Crippen MR) is 81.5 cm³/mol. The second kappa shape index (κ2) is 6.30. The maximum Gasteiger partial charge on any atom is 0.180 e. The molecule has 0 aromatic carbocycles. The highest BCUT2D eigenvalue weighted by Crippen LogP contribution is 2.27. The van der Waals surface area contributed by atoms with Crippen LogP contribution < -0.4 is 5.32 Å². The van der Waals surface area contributed by atoms with Crippen molar-refractivity contribution in [3.8, 4) is 11.5 Å². The molecular formula is C13H14BrClN4. The summed E-state index contributed by atoms with van der Waals surface area (Å²) in [6, 6.07) is 3.61. The third-order valence-electron chi connectivity index (χ3n) is 2.60. The predicted octanol–water partition coefficient (Wildman–Crippen LogP) is 3.95. The van der Waals surface area contributed by atoms with Crippen molar-refractivity contribution in [1.82, 2.24) is 15.0 Å².